The van der Waals surface area contributed by atoms with Crippen molar-refractivity contribution in [1.29, 1.82) is 0 Å². The monoisotopic (exact) mass is 749 g/mol. The van der Waals surface area contributed by atoms with Crippen LogP contribution >= 0.6 is 0 Å². The van der Waals surface area contributed by atoms with Crippen molar-refractivity contribution in [3.8, 4) is 17.2 Å². The lowest BCUT2D eigenvalue weighted by Gasteiger charge is -2.38. The number of phenols is 2. The summed E-state index contributed by atoms with van der Waals surface area (Å²) in [5.74, 6) is -6.88. The zero-order valence-electron chi connectivity index (χ0n) is 32.0. The van der Waals surface area contributed by atoms with E-state index in [1.807, 2.05) is 0 Å². The molecule has 0 saturated heterocycles. The average molecular weight is 750 g/mol. The number of fused-ring (bicyclic) bond motifs is 1. The van der Waals surface area contributed by atoms with E-state index in [9.17, 15) is 34.8 Å². The molecule has 5 rings (SSSR count). The van der Waals surface area contributed by atoms with Crippen LogP contribution in [0.5, 0.6) is 17.2 Å². The molecule has 0 fully saturated rings. The van der Waals surface area contributed by atoms with Crippen LogP contribution in [0.2, 0.25) is 0 Å². The summed E-state index contributed by atoms with van der Waals surface area (Å²) < 4.78 is 23.7. The van der Waals surface area contributed by atoms with Crippen LogP contribution in [0.15, 0.2) is 42.3 Å². The van der Waals surface area contributed by atoms with Crippen molar-refractivity contribution < 1.29 is 53.8 Å². The Hall–Kier alpha value is -4.89. The standard InChI is InChI=1S/C40H51N3O11/c1-17-11-10-12-18(2)39(50)43-31-26-24(15-41)16-42-30(26)27-28(35(31)48)34(47)22(6)37-29(27)38(49)40(8,54-37)52-14-13-25(51-9)19(3)36(53-23(7)44)21(5)33(46)20(4)32(17)45/h10-14,16-17,19-21,25,32-33,36,42,45-48H,15,41H2,1-9H3,(H,43,50)/t17-,19+,20+,21+,25-,32-,33+,36+,40-/m0/s1. The van der Waals surface area contributed by atoms with Crippen LogP contribution in [0.4, 0.5) is 5.69 Å². The Morgan fingerprint density at radius 1 is 0.981 bits per heavy atom. The SMILES string of the molecule is CO[C@H]1C=CO[C@@]2(C)Oc3c(C)c(O)c4c(O)c(c5c(CN)c[nH]c5c4c3C2=O)NC(=O)C(C)=CC=C[C@H](C)[C@H](O)[C@@H](C)[C@@H](O)[C@@H](C)[C@H](OC(C)=O)[C@@H]1C. The lowest BCUT2D eigenvalue weighted by atomic mass is 9.78. The van der Waals surface area contributed by atoms with Gasteiger partial charge in [-0.1, -0.05) is 45.9 Å². The van der Waals surface area contributed by atoms with Gasteiger partial charge in [0.25, 0.3) is 11.7 Å². The highest BCUT2D eigenvalue weighted by atomic mass is 16.7. The van der Waals surface area contributed by atoms with Crippen LogP contribution in [0.3, 0.4) is 0 Å². The van der Waals surface area contributed by atoms with Crippen LogP contribution in [-0.4, -0.2) is 80.4 Å². The lowest BCUT2D eigenvalue weighted by Crippen LogP contribution is -2.46. The molecule has 14 heteroatoms. The predicted molar refractivity (Wildman–Crippen MR) is 202 cm³/mol. The number of benzene rings is 2. The molecule has 3 aromatic rings. The number of anilines is 1. The molecule has 0 aliphatic carbocycles. The highest BCUT2D eigenvalue weighted by Crippen LogP contribution is 2.54. The molecule has 0 spiro atoms. The van der Waals surface area contributed by atoms with Crippen molar-refractivity contribution in [3.05, 3.63) is 59.0 Å². The third-order valence-electron chi connectivity index (χ3n) is 11.0. The Labute approximate surface area is 313 Å². The number of aromatic amines is 1. The van der Waals surface area contributed by atoms with Gasteiger partial charge >= 0.3 is 11.8 Å². The fourth-order valence-electron chi connectivity index (χ4n) is 7.60. The van der Waals surface area contributed by atoms with Crippen LogP contribution in [-0.2, 0) is 30.3 Å². The number of ketones is 1. The van der Waals surface area contributed by atoms with Gasteiger partial charge in [0.05, 0.1) is 46.7 Å². The number of aliphatic hydroxyl groups is 2. The summed E-state index contributed by atoms with van der Waals surface area (Å²) in [6.07, 6.45) is 5.46. The van der Waals surface area contributed by atoms with E-state index in [-0.39, 0.29) is 51.2 Å². The molecule has 3 heterocycles. The number of hydrogen-bond donors (Lipinski definition) is 7. The van der Waals surface area contributed by atoms with E-state index in [0.29, 0.717) is 16.5 Å². The summed E-state index contributed by atoms with van der Waals surface area (Å²) in [5, 5.41) is 49.3. The number of nitrogens with two attached hydrogens (primary N) is 1. The number of hydrogen-bond acceptors (Lipinski definition) is 12. The number of esters is 1. The molecule has 4 bridgehead atoms. The second-order valence-corrected chi connectivity index (χ2v) is 14.6. The second kappa shape index (κ2) is 15.5. The smallest absolute Gasteiger partial charge is 0.312 e. The quantitative estimate of drug-likeness (QED) is 0.139. The average Bonchev–Trinajstić information content (AvgIpc) is 3.68. The molecule has 0 unspecified atom stereocenters. The summed E-state index contributed by atoms with van der Waals surface area (Å²) in [7, 11) is 1.45. The van der Waals surface area contributed by atoms with Crippen molar-refractivity contribution in [1.82, 2.24) is 4.98 Å². The number of H-pyrrole nitrogens is 1. The highest BCUT2D eigenvalue weighted by molar-refractivity contribution is 6.29. The van der Waals surface area contributed by atoms with Gasteiger partial charge in [-0.3, -0.25) is 14.4 Å². The summed E-state index contributed by atoms with van der Waals surface area (Å²) in [4.78, 5) is 43.4. The number of rotatable bonds is 3. The normalized spacial score (nSPS) is 29.7. The third-order valence-corrected chi connectivity index (χ3v) is 11.0. The highest BCUT2D eigenvalue weighted by Gasteiger charge is 2.49. The van der Waals surface area contributed by atoms with Gasteiger partial charge in [0, 0.05) is 79.3 Å². The number of Topliss-reactive ketones (excluding diaryl/α,β-unsaturated/α-hetero) is 1. The minimum atomic E-state index is -1.94. The summed E-state index contributed by atoms with van der Waals surface area (Å²) >= 11 is 0. The van der Waals surface area contributed by atoms with E-state index in [4.69, 9.17) is 24.7 Å². The van der Waals surface area contributed by atoms with E-state index in [0.717, 1.165) is 0 Å². The number of methoxy groups -OCH3 is 1. The number of aromatic nitrogens is 1. The molecular formula is C40H51N3O11. The molecule has 1 aromatic heterocycles. The van der Waals surface area contributed by atoms with Gasteiger partial charge in [0.1, 0.15) is 17.6 Å². The number of amides is 1. The maximum atomic E-state index is 14.4. The first-order valence-electron chi connectivity index (χ1n) is 17.9. The topological polar surface area (TPSA) is 223 Å². The van der Waals surface area contributed by atoms with Crippen molar-refractivity contribution in [2.45, 2.75) is 92.1 Å². The minimum Gasteiger partial charge on any atom is -0.507 e. The maximum Gasteiger partial charge on any atom is 0.312 e. The van der Waals surface area contributed by atoms with Gasteiger partial charge < -0.3 is 55.4 Å². The van der Waals surface area contributed by atoms with Gasteiger partial charge in [-0.2, -0.15) is 0 Å². The zero-order chi connectivity index (χ0) is 40.0. The van der Waals surface area contributed by atoms with Gasteiger partial charge in [0.15, 0.2) is 5.75 Å². The van der Waals surface area contributed by atoms with Gasteiger partial charge in [-0.25, -0.2) is 0 Å². The lowest BCUT2D eigenvalue weighted by molar-refractivity contribution is -0.160. The predicted octanol–water partition coefficient (Wildman–Crippen LogP) is 4.99. The fraction of sp³-hybridized carbons (Fsp3) is 0.475. The van der Waals surface area contributed by atoms with Gasteiger partial charge in [-0.15, -0.1) is 0 Å². The Balaban J connectivity index is 1.72. The number of carbonyl (C=O) groups is 3. The summed E-state index contributed by atoms with van der Waals surface area (Å²) in [6, 6.07) is 0. The Bertz CT molecular complexity index is 2070. The maximum absolute atomic E-state index is 14.4. The van der Waals surface area contributed by atoms with Crippen LogP contribution in [0.1, 0.15) is 70.0 Å². The van der Waals surface area contributed by atoms with E-state index in [2.05, 4.69) is 10.3 Å². The second-order valence-electron chi connectivity index (χ2n) is 14.6. The summed E-state index contributed by atoms with van der Waals surface area (Å²) in [5.41, 5.74) is 7.33. The van der Waals surface area contributed by atoms with E-state index in [1.165, 1.54) is 40.2 Å². The Kier molecular flexibility index (Phi) is 11.5. The van der Waals surface area contributed by atoms with Crippen LogP contribution in [0, 0.1) is 30.6 Å². The molecule has 9 atom stereocenters. The first-order valence-corrected chi connectivity index (χ1v) is 17.9. The van der Waals surface area contributed by atoms with Crippen LogP contribution in [0.25, 0.3) is 21.7 Å². The van der Waals surface area contributed by atoms with E-state index >= 15 is 0 Å². The number of ether oxygens (including phenoxy) is 4. The van der Waals surface area contributed by atoms with Crippen LogP contribution < -0.4 is 15.8 Å². The zero-order valence-corrected chi connectivity index (χ0v) is 32.0. The largest absolute Gasteiger partial charge is 0.507 e. The molecular weight excluding hydrogens is 698 g/mol. The number of phenolic OH excluding ortho intramolecular Hbond substituents is 2. The number of carbonyl (C=O) groups excluding carboxylic acids is 3. The molecule has 0 saturated carbocycles. The number of aromatic hydroxyl groups is 2. The third kappa shape index (κ3) is 6.94. The van der Waals surface area contributed by atoms with Crippen molar-refractivity contribution in [2.24, 2.45) is 29.4 Å². The van der Waals surface area contributed by atoms with Gasteiger partial charge in [-0.05, 0) is 25.5 Å². The number of allylic oxidation sites excluding steroid dienone is 2. The minimum absolute atomic E-state index is 0.00495. The van der Waals surface area contributed by atoms with Crippen molar-refractivity contribution in [2.75, 3.05) is 12.4 Å². The molecule has 1 amide bonds. The fourth-order valence-corrected chi connectivity index (χ4v) is 7.60. The van der Waals surface area contributed by atoms with Crippen molar-refractivity contribution >= 4 is 45.0 Å². The molecule has 292 valence electrons. The molecule has 14 nitrogen and oxygen atoms in total. The van der Waals surface area contributed by atoms with E-state index < -0.39 is 77.3 Å². The molecule has 0 radical (unpaired) electrons. The molecule has 2 aliphatic rings. The van der Waals surface area contributed by atoms with E-state index in [1.54, 1.807) is 59.0 Å². The number of nitrogens with one attached hydrogen (secondary N) is 2. The molecule has 2 aliphatic heterocycles. The van der Waals surface area contributed by atoms with Crippen molar-refractivity contribution in [3.63, 3.8) is 0 Å². The Morgan fingerprint density at radius 3 is 2.30 bits per heavy atom. The first-order chi connectivity index (χ1) is 25.4. The molecule has 8 N–H and O–H groups in total. The Morgan fingerprint density at radius 2 is 1.67 bits per heavy atom. The first kappa shape index (κ1) is 40.3. The summed E-state index contributed by atoms with van der Waals surface area (Å²) in [6.45, 7) is 12.8. The molecule has 2 aromatic carbocycles. The number of aliphatic hydroxyl groups excluding tert-OH is 2. The molecule has 54 heavy (non-hydrogen) atoms. The van der Waals surface area contributed by atoms with Gasteiger partial charge in [0.2, 0.25) is 0 Å².